The Bertz CT molecular complexity index is 352. The molecule has 17 heavy (non-hydrogen) atoms. The van der Waals surface area contributed by atoms with Crippen LogP contribution in [-0.2, 0) is 6.54 Å². The molecular weight excluding hydrogens is 276 g/mol. The maximum absolute atomic E-state index is 3.54. The van der Waals surface area contributed by atoms with Gasteiger partial charge < -0.3 is 5.32 Å². The van der Waals surface area contributed by atoms with Gasteiger partial charge in [0.2, 0.25) is 0 Å². The monoisotopic (exact) mass is 296 g/mol. The Morgan fingerprint density at radius 2 is 2.35 bits per heavy atom. The van der Waals surface area contributed by atoms with Gasteiger partial charge in [0.1, 0.15) is 0 Å². The first-order valence-electron chi connectivity index (χ1n) is 6.49. The molecule has 1 saturated heterocycles. The van der Waals surface area contributed by atoms with Crippen molar-refractivity contribution in [3.05, 3.63) is 34.3 Å². The molecule has 0 aliphatic carbocycles. The topological polar surface area (TPSA) is 15.3 Å². The lowest BCUT2D eigenvalue weighted by atomic mass is 10.1. The molecule has 0 bridgehead atoms. The molecule has 1 unspecified atom stereocenters. The van der Waals surface area contributed by atoms with E-state index in [0.717, 1.165) is 26.2 Å². The van der Waals surface area contributed by atoms with Gasteiger partial charge in [-0.3, -0.25) is 4.90 Å². The van der Waals surface area contributed by atoms with Crippen molar-refractivity contribution in [3.63, 3.8) is 0 Å². The molecule has 1 aliphatic rings. The van der Waals surface area contributed by atoms with Crippen LogP contribution in [0, 0.1) is 0 Å². The Balaban J connectivity index is 2.00. The largest absolute Gasteiger partial charge is 0.314 e. The summed E-state index contributed by atoms with van der Waals surface area (Å²) < 4.78 is 1.18. The minimum Gasteiger partial charge on any atom is -0.314 e. The van der Waals surface area contributed by atoms with Gasteiger partial charge in [-0.2, -0.15) is 0 Å². The Kier molecular flexibility index (Phi) is 5.01. The number of halogens is 1. The standard InChI is InChI=1S/C14H21BrN2/c1-2-4-14-10-16-7-8-17(14)11-12-5-3-6-13(15)9-12/h3,5-6,9,14,16H,2,4,7-8,10-11H2,1H3. The maximum Gasteiger partial charge on any atom is 0.0238 e. The van der Waals surface area contributed by atoms with E-state index in [-0.39, 0.29) is 0 Å². The number of nitrogens with one attached hydrogen (secondary N) is 1. The van der Waals surface area contributed by atoms with Crippen molar-refractivity contribution in [2.24, 2.45) is 0 Å². The van der Waals surface area contributed by atoms with Crippen LogP contribution in [-0.4, -0.2) is 30.6 Å². The predicted molar refractivity (Wildman–Crippen MR) is 76.1 cm³/mol. The molecule has 1 fully saturated rings. The molecule has 1 aromatic rings. The van der Waals surface area contributed by atoms with E-state index in [4.69, 9.17) is 0 Å². The molecule has 0 saturated carbocycles. The zero-order valence-electron chi connectivity index (χ0n) is 10.5. The Hall–Kier alpha value is -0.380. The third kappa shape index (κ3) is 3.80. The lowest BCUT2D eigenvalue weighted by Crippen LogP contribution is -2.50. The summed E-state index contributed by atoms with van der Waals surface area (Å²) in [7, 11) is 0. The number of nitrogens with zero attached hydrogens (tertiary/aromatic N) is 1. The lowest BCUT2D eigenvalue weighted by Gasteiger charge is -2.36. The van der Waals surface area contributed by atoms with Crippen LogP contribution < -0.4 is 5.32 Å². The first-order valence-corrected chi connectivity index (χ1v) is 7.28. The molecule has 1 atom stereocenters. The first kappa shape index (κ1) is 13.1. The summed E-state index contributed by atoms with van der Waals surface area (Å²) in [5.41, 5.74) is 1.40. The van der Waals surface area contributed by atoms with E-state index >= 15 is 0 Å². The van der Waals surface area contributed by atoms with Crippen molar-refractivity contribution in [3.8, 4) is 0 Å². The van der Waals surface area contributed by atoms with E-state index in [2.05, 4.69) is 57.3 Å². The smallest absolute Gasteiger partial charge is 0.0238 e. The van der Waals surface area contributed by atoms with Crippen LogP contribution in [0.3, 0.4) is 0 Å². The fourth-order valence-electron chi connectivity index (χ4n) is 2.50. The number of hydrogen-bond acceptors (Lipinski definition) is 2. The zero-order valence-corrected chi connectivity index (χ0v) is 12.0. The fraction of sp³-hybridized carbons (Fsp3) is 0.571. The molecule has 3 heteroatoms. The average Bonchev–Trinajstić information content (AvgIpc) is 2.32. The molecule has 94 valence electrons. The predicted octanol–water partition coefficient (Wildman–Crippen LogP) is 3.02. The van der Waals surface area contributed by atoms with Crippen LogP contribution in [0.25, 0.3) is 0 Å². The Morgan fingerprint density at radius 1 is 1.47 bits per heavy atom. The van der Waals surface area contributed by atoms with Crippen LogP contribution in [0.2, 0.25) is 0 Å². The maximum atomic E-state index is 3.54. The second kappa shape index (κ2) is 6.53. The lowest BCUT2D eigenvalue weighted by molar-refractivity contribution is 0.144. The summed E-state index contributed by atoms with van der Waals surface area (Å²) in [6, 6.07) is 9.36. The molecule has 0 amide bonds. The SMILES string of the molecule is CCCC1CNCCN1Cc1cccc(Br)c1. The molecule has 1 heterocycles. The van der Waals surface area contributed by atoms with Gasteiger partial charge in [-0.1, -0.05) is 41.4 Å². The molecule has 0 spiro atoms. The van der Waals surface area contributed by atoms with Gasteiger partial charge in [0.15, 0.2) is 0 Å². The van der Waals surface area contributed by atoms with Crippen LogP contribution >= 0.6 is 15.9 Å². The molecular formula is C14H21BrN2. The molecule has 0 aromatic heterocycles. The van der Waals surface area contributed by atoms with E-state index in [0.29, 0.717) is 6.04 Å². The van der Waals surface area contributed by atoms with Crippen molar-refractivity contribution in [2.75, 3.05) is 19.6 Å². The van der Waals surface area contributed by atoms with Gasteiger partial charge in [-0.05, 0) is 24.1 Å². The van der Waals surface area contributed by atoms with Crippen LogP contribution in [0.1, 0.15) is 25.3 Å². The minimum atomic E-state index is 0.702. The van der Waals surface area contributed by atoms with Crippen molar-refractivity contribution < 1.29 is 0 Å². The van der Waals surface area contributed by atoms with Gasteiger partial charge in [0.05, 0.1) is 0 Å². The summed E-state index contributed by atoms with van der Waals surface area (Å²) in [6.07, 6.45) is 2.56. The summed E-state index contributed by atoms with van der Waals surface area (Å²) in [4.78, 5) is 2.61. The highest BCUT2D eigenvalue weighted by molar-refractivity contribution is 9.10. The highest BCUT2D eigenvalue weighted by atomic mass is 79.9. The quantitative estimate of drug-likeness (QED) is 0.919. The van der Waals surface area contributed by atoms with Crippen molar-refractivity contribution in [1.29, 1.82) is 0 Å². The third-order valence-electron chi connectivity index (χ3n) is 3.37. The summed E-state index contributed by atoms with van der Waals surface area (Å²) in [5, 5.41) is 3.50. The van der Waals surface area contributed by atoms with Crippen molar-refractivity contribution in [1.82, 2.24) is 10.2 Å². The molecule has 2 nitrogen and oxygen atoms in total. The number of benzene rings is 1. The van der Waals surface area contributed by atoms with E-state index in [9.17, 15) is 0 Å². The zero-order chi connectivity index (χ0) is 12.1. The van der Waals surface area contributed by atoms with E-state index < -0.39 is 0 Å². The highest BCUT2D eigenvalue weighted by Gasteiger charge is 2.21. The summed E-state index contributed by atoms with van der Waals surface area (Å²) in [5.74, 6) is 0. The van der Waals surface area contributed by atoms with Crippen molar-refractivity contribution in [2.45, 2.75) is 32.4 Å². The summed E-state index contributed by atoms with van der Waals surface area (Å²) in [6.45, 7) is 6.77. The van der Waals surface area contributed by atoms with Gasteiger partial charge in [0.25, 0.3) is 0 Å². The second-order valence-electron chi connectivity index (χ2n) is 4.75. The van der Waals surface area contributed by atoms with E-state index in [1.54, 1.807) is 0 Å². The molecule has 1 aliphatic heterocycles. The van der Waals surface area contributed by atoms with Crippen LogP contribution in [0.4, 0.5) is 0 Å². The van der Waals surface area contributed by atoms with Crippen LogP contribution in [0.5, 0.6) is 0 Å². The van der Waals surface area contributed by atoms with Gasteiger partial charge in [0, 0.05) is 36.7 Å². The molecule has 1 aromatic carbocycles. The minimum absolute atomic E-state index is 0.702. The highest BCUT2D eigenvalue weighted by Crippen LogP contribution is 2.17. The normalized spacial score (nSPS) is 21.6. The molecule has 2 rings (SSSR count). The van der Waals surface area contributed by atoms with E-state index in [1.807, 2.05) is 0 Å². The van der Waals surface area contributed by atoms with Crippen LogP contribution in [0.15, 0.2) is 28.7 Å². The molecule has 1 N–H and O–H groups in total. The van der Waals surface area contributed by atoms with Gasteiger partial charge >= 0.3 is 0 Å². The second-order valence-corrected chi connectivity index (χ2v) is 5.66. The number of rotatable bonds is 4. The Labute approximate surface area is 113 Å². The Morgan fingerprint density at radius 3 is 3.12 bits per heavy atom. The summed E-state index contributed by atoms with van der Waals surface area (Å²) >= 11 is 3.54. The number of piperazine rings is 1. The molecule has 0 radical (unpaired) electrons. The van der Waals surface area contributed by atoms with Crippen molar-refractivity contribution >= 4 is 15.9 Å². The third-order valence-corrected chi connectivity index (χ3v) is 3.86. The first-order chi connectivity index (χ1) is 8.29. The fourth-order valence-corrected chi connectivity index (χ4v) is 2.95. The number of hydrogen-bond donors (Lipinski definition) is 1. The average molecular weight is 297 g/mol. The van der Waals surface area contributed by atoms with E-state index in [1.165, 1.54) is 22.9 Å². The van der Waals surface area contributed by atoms with Gasteiger partial charge in [-0.15, -0.1) is 0 Å². The van der Waals surface area contributed by atoms with Gasteiger partial charge in [-0.25, -0.2) is 0 Å².